The monoisotopic (exact) mass is 202 g/mol. The molecule has 1 unspecified atom stereocenters. The molecule has 78 valence electrons. The first-order valence-electron chi connectivity index (χ1n) is 4.84. The third-order valence-corrected chi connectivity index (χ3v) is 2.38. The summed E-state index contributed by atoms with van der Waals surface area (Å²) in [5.74, 6) is 0. The molecule has 0 spiro atoms. The average Bonchev–Trinajstić information content (AvgIpc) is 2.62. The largest absolute Gasteiger partial charge is 0.712 e. The minimum Gasteiger partial charge on any atom is -0.712 e. The molecule has 1 aromatic heterocycles. The van der Waals surface area contributed by atoms with Crippen LogP contribution in [0.2, 0.25) is 0 Å². The lowest BCUT2D eigenvalue weighted by Crippen LogP contribution is -2.18. The topological polar surface area (TPSA) is 59.8 Å². The summed E-state index contributed by atoms with van der Waals surface area (Å²) in [6, 6.07) is 9.96. The van der Waals surface area contributed by atoms with Crippen molar-refractivity contribution in [3.8, 4) is 0 Å². The molecule has 1 N–H and O–H groups in total. The highest BCUT2D eigenvalue weighted by atomic mass is 16.3. The molecule has 0 aliphatic carbocycles. The number of benzene rings is 1. The first-order chi connectivity index (χ1) is 7.31. The van der Waals surface area contributed by atoms with Crippen LogP contribution < -0.4 is 0 Å². The summed E-state index contributed by atoms with van der Waals surface area (Å²) >= 11 is 0. The Bertz CT molecular complexity index is 464. The van der Waals surface area contributed by atoms with Gasteiger partial charge in [-0.2, -0.15) is 0 Å². The molecule has 1 heterocycles. The lowest BCUT2D eigenvalue weighted by atomic mass is 10.2. The van der Waals surface area contributed by atoms with Crippen molar-refractivity contribution in [3.05, 3.63) is 42.1 Å². The summed E-state index contributed by atoms with van der Waals surface area (Å²) in [4.78, 5) is 0. The van der Waals surface area contributed by atoms with E-state index in [1.165, 1.54) is 0 Å². The normalized spacial score (nSPS) is 12.9. The van der Waals surface area contributed by atoms with E-state index in [0.717, 1.165) is 10.9 Å². The van der Waals surface area contributed by atoms with Crippen molar-refractivity contribution in [2.75, 3.05) is 6.54 Å². The van der Waals surface area contributed by atoms with Gasteiger partial charge in [-0.3, -0.25) is 0 Å². The molecule has 15 heavy (non-hydrogen) atoms. The fourth-order valence-electron chi connectivity index (χ4n) is 1.68. The number of fused-ring (bicyclic) bond motifs is 1. The molecule has 0 amide bonds. The Morgan fingerprint density at radius 1 is 1.33 bits per heavy atom. The number of aromatic nitrogens is 1. The van der Waals surface area contributed by atoms with Crippen molar-refractivity contribution in [1.29, 1.82) is 0 Å². The molecule has 0 radical (unpaired) electrons. The van der Waals surface area contributed by atoms with Gasteiger partial charge in [0.25, 0.3) is 0 Å². The van der Waals surface area contributed by atoms with Gasteiger partial charge in [0.05, 0.1) is 12.6 Å². The highest BCUT2D eigenvalue weighted by Gasteiger charge is 2.05. The van der Waals surface area contributed by atoms with E-state index < -0.39 is 6.10 Å². The second-order valence-electron chi connectivity index (χ2n) is 3.50. The molecular formula is C11H12N3O-. The molecule has 0 aliphatic rings. The van der Waals surface area contributed by atoms with Crippen molar-refractivity contribution in [3.63, 3.8) is 0 Å². The van der Waals surface area contributed by atoms with Gasteiger partial charge in [-0.1, -0.05) is 18.2 Å². The Kier molecular flexibility index (Phi) is 2.78. The van der Waals surface area contributed by atoms with E-state index in [1.807, 2.05) is 41.1 Å². The Labute approximate surface area is 87.7 Å². The second kappa shape index (κ2) is 4.23. The van der Waals surface area contributed by atoms with Gasteiger partial charge in [0.15, 0.2) is 0 Å². The Balaban J connectivity index is 2.24. The van der Waals surface area contributed by atoms with Crippen LogP contribution in [-0.2, 0) is 6.54 Å². The van der Waals surface area contributed by atoms with E-state index in [4.69, 9.17) is 5.53 Å². The number of rotatable bonds is 4. The maximum atomic E-state index is 9.51. The molecule has 0 saturated carbocycles. The van der Waals surface area contributed by atoms with Crippen LogP contribution in [0, 0.1) is 0 Å². The van der Waals surface area contributed by atoms with Gasteiger partial charge in [0.2, 0.25) is 0 Å². The number of nitrogens with zero attached hydrogens (tertiary/aromatic N) is 3. The van der Waals surface area contributed by atoms with E-state index >= 15 is 0 Å². The van der Waals surface area contributed by atoms with Crippen molar-refractivity contribution in [2.45, 2.75) is 12.6 Å². The van der Waals surface area contributed by atoms with Gasteiger partial charge in [0.1, 0.15) is 0 Å². The predicted molar refractivity (Wildman–Crippen MR) is 58.6 cm³/mol. The summed E-state index contributed by atoms with van der Waals surface area (Å²) in [7, 11) is 0. The van der Waals surface area contributed by atoms with E-state index in [2.05, 4.69) is 5.11 Å². The Hall–Kier alpha value is -1.68. The van der Waals surface area contributed by atoms with Crippen LogP contribution >= 0.6 is 0 Å². The zero-order valence-electron chi connectivity index (χ0n) is 8.24. The molecule has 0 fully saturated rings. The lowest BCUT2D eigenvalue weighted by Gasteiger charge is -2.11. The van der Waals surface area contributed by atoms with Gasteiger partial charge in [-0.05, 0) is 17.5 Å². The maximum absolute atomic E-state index is 9.51. The molecule has 2 aromatic rings. The quantitative estimate of drug-likeness (QED) is 0.757. The molecule has 0 bridgehead atoms. The van der Waals surface area contributed by atoms with Gasteiger partial charge >= 0.3 is 0 Å². The average molecular weight is 202 g/mol. The van der Waals surface area contributed by atoms with Crippen molar-refractivity contribution < 1.29 is 5.11 Å². The summed E-state index contributed by atoms with van der Waals surface area (Å²) in [6.07, 6.45) is 1.27. The van der Waals surface area contributed by atoms with Crippen molar-refractivity contribution >= 4 is 10.9 Å². The number of hydrogen-bond acceptors (Lipinski definition) is 2. The van der Waals surface area contributed by atoms with Gasteiger partial charge in [-0.25, -0.2) is 0 Å². The van der Waals surface area contributed by atoms with E-state index in [-0.39, 0.29) is 6.54 Å². The van der Waals surface area contributed by atoms with Crippen LogP contribution in [0.3, 0.4) is 0 Å². The number of para-hydroxylation sites is 1. The van der Waals surface area contributed by atoms with E-state index in [1.54, 1.807) is 0 Å². The van der Waals surface area contributed by atoms with E-state index in [9.17, 15) is 5.11 Å². The van der Waals surface area contributed by atoms with Crippen LogP contribution in [0.25, 0.3) is 16.4 Å². The van der Waals surface area contributed by atoms with Gasteiger partial charge in [-0.15, -0.1) is 0 Å². The molecule has 1 aromatic carbocycles. The minimum absolute atomic E-state index is 0.0481. The number of aliphatic hydroxyl groups excluding tert-OH is 1. The summed E-state index contributed by atoms with van der Waals surface area (Å²) in [5, 5.41) is 13.6. The molecule has 0 aliphatic heterocycles. The van der Waals surface area contributed by atoms with Crippen LogP contribution in [0.1, 0.15) is 0 Å². The summed E-state index contributed by atoms with van der Waals surface area (Å²) in [5.41, 5.74) is 9.41. The second-order valence-corrected chi connectivity index (χ2v) is 3.50. The zero-order chi connectivity index (χ0) is 10.7. The summed E-state index contributed by atoms with van der Waals surface area (Å²) in [6.45, 7) is 0.490. The third kappa shape index (κ3) is 2.05. The summed E-state index contributed by atoms with van der Waals surface area (Å²) < 4.78 is 1.95. The fraction of sp³-hybridized carbons (Fsp3) is 0.273. The number of aliphatic hydroxyl groups is 1. The predicted octanol–water partition coefficient (Wildman–Crippen LogP) is 2.02. The molecule has 4 heteroatoms. The van der Waals surface area contributed by atoms with Gasteiger partial charge < -0.3 is 20.3 Å². The molecule has 1 atom stereocenters. The third-order valence-electron chi connectivity index (χ3n) is 2.38. The first kappa shape index (κ1) is 9.86. The van der Waals surface area contributed by atoms with Crippen molar-refractivity contribution in [2.24, 2.45) is 5.11 Å². The number of hydrogen-bond donors (Lipinski definition) is 1. The Morgan fingerprint density at radius 2 is 2.13 bits per heavy atom. The first-order valence-corrected chi connectivity index (χ1v) is 4.84. The molecule has 2 rings (SSSR count). The standard InChI is InChI=1S/C11H12N3O/c12-13-7-10(15)8-14-6-5-9-3-1-2-4-11(9)14/h1-6,10,15H,7-8H2/q-1. The van der Waals surface area contributed by atoms with Crippen LogP contribution in [-0.4, -0.2) is 22.3 Å². The lowest BCUT2D eigenvalue weighted by molar-refractivity contribution is 0.164. The molecular weight excluding hydrogens is 190 g/mol. The molecule has 4 nitrogen and oxygen atoms in total. The zero-order valence-corrected chi connectivity index (χ0v) is 8.24. The SMILES string of the molecule is [N-]=NCC(O)Cn1ccc2ccccc21. The highest BCUT2D eigenvalue weighted by Crippen LogP contribution is 2.15. The van der Waals surface area contributed by atoms with Crippen LogP contribution in [0.15, 0.2) is 41.6 Å². The van der Waals surface area contributed by atoms with Crippen LogP contribution in [0.5, 0.6) is 0 Å². The maximum Gasteiger partial charge on any atom is 0.0894 e. The highest BCUT2D eigenvalue weighted by molar-refractivity contribution is 5.79. The Morgan fingerprint density at radius 3 is 2.93 bits per heavy atom. The molecule has 0 saturated heterocycles. The van der Waals surface area contributed by atoms with Crippen LogP contribution in [0.4, 0.5) is 0 Å². The van der Waals surface area contributed by atoms with Crippen molar-refractivity contribution in [1.82, 2.24) is 4.57 Å². The van der Waals surface area contributed by atoms with Gasteiger partial charge in [0, 0.05) is 18.3 Å². The van der Waals surface area contributed by atoms with E-state index in [0.29, 0.717) is 6.54 Å². The minimum atomic E-state index is -0.647. The smallest absolute Gasteiger partial charge is 0.0894 e. The fourth-order valence-corrected chi connectivity index (χ4v) is 1.68.